The van der Waals surface area contributed by atoms with Crippen LogP contribution in [0.2, 0.25) is 0 Å². The van der Waals surface area contributed by atoms with Crippen molar-refractivity contribution in [3.8, 4) is 17.9 Å². The summed E-state index contributed by atoms with van der Waals surface area (Å²) in [5.74, 6) is 0.981. The average molecular weight is 432 g/mol. The summed E-state index contributed by atoms with van der Waals surface area (Å²) in [6, 6.07) is 18.1. The maximum absolute atomic E-state index is 9.62. The Morgan fingerprint density at radius 1 is 0.970 bits per heavy atom. The first-order valence-corrected chi connectivity index (χ1v) is 10.5. The quantitative estimate of drug-likeness (QED) is 0.375. The number of aromatic amines is 1. The van der Waals surface area contributed by atoms with E-state index >= 15 is 0 Å². The molecule has 0 aliphatic carbocycles. The summed E-state index contributed by atoms with van der Waals surface area (Å²) in [4.78, 5) is 7.96. The molecule has 2 aromatic carbocycles. The zero-order chi connectivity index (χ0) is 23.3. The molecule has 1 aliphatic heterocycles. The highest BCUT2D eigenvalue weighted by Crippen LogP contribution is 2.40. The number of fused-ring (bicyclic) bond motifs is 3. The highest BCUT2D eigenvalue weighted by atomic mass is 16.5. The summed E-state index contributed by atoms with van der Waals surface area (Å²) >= 11 is 0. The summed E-state index contributed by atoms with van der Waals surface area (Å²) in [5, 5.41) is 21.2. The number of aromatic nitrogens is 1. The predicted octanol–water partition coefficient (Wildman–Crippen LogP) is 6.46. The van der Waals surface area contributed by atoms with Crippen molar-refractivity contribution in [1.29, 1.82) is 10.5 Å². The number of allylic oxidation sites excluding steroid dienone is 2. The predicted molar refractivity (Wildman–Crippen MR) is 128 cm³/mol. The van der Waals surface area contributed by atoms with E-state index in [1.165, 1.54) is 0 Å². The van der Waals surface area contributed by atoms with Gasteiger partial charge < -0.3 is 14.1 Å². The van der Waals surface area contributed by atoms with E-state index in [0.717, 1.165) is 33.2 Å². The first-order valence-electron chi connectivity index (χ1n) is 10.5. The Morgan fingerprint density at radius 3 is 2.42 bits per heavy atom. The molecule has 0 bridgehead atoms. The molecule has 0 fully saturated rings. The molecular formula is C27H20N4O2. The molecule has 0 spiro atoms. The minimum absolute atomic E-state index is 0.451. The van der Waals surface area contributed by atoms with Crippen molar-refractivity contribution >= 4 is 33.4 Å². The molecule has 0 unspecified atom stereocenters. The lowest BCUT2D eigenvalue weighted by Gasteiger charge is -2.13. The standard InChI is InChI=1S/C27H20N4O2/c1-14-20(12-28)16(3)30-24(14)27(25-15(2)21(13-29)17(4)31-25)33-23-11-7-9-19-18-8-5-6-10-22(18)32-26(19)23/h5-11,30H,1-4H3/b27-25+. The molecule has 4 aromatic rings. The van der Waals surface area contributed by atoms with Crippen molar-refractivity contribution in [1.82, 2.24) is 4.98 Å². The van der Waals surface area contributed by atoms with Gasteiger partial charge in [-0.15, -0.1) is 0 Å². The number of nitrogens with one attached hydrogen (secondary N) is 1. The van der Waals surface area contributed by atoms with Crippen molar-refractivity contribution in [2.75, 3.05) is 0 Å². The molecule has 0 radical (unpaired) electrons. The zero-order valence-electron chi connectivity index (χ0n) is 18.7. The van der Waals surface area contributed by atoms with Crippen LogP contribution in [0, 0.1) is 36.5 Å². The maximum atomic E-state index is 9.62. The van der Waals surface area contributed by atoms with E-state index in [-0.39, 0.29) is 0 Å². The van der Waals surface area contributed by atoms with Crippen molar-refractivity contribution in [3.63, 3.8) is 0 Å². The van der Waals surface area contributed by atoms with Gasteiger partial charge in [0.05, 0.1) is 22.5 Å². The number of hydrogen-bond donors (Lipinski definition) is 1. The Hall–Kier alpha value is -4.55. The van der Waals surface area contributed by atoms with Crippen LogP contribution in [0.15, 0.2) is 68.7 Å². The minimum Gasteiger partial charge on any atom is -0.452 e. The van der Waals surface area contributed by atoms with Crippen LogP contribution in [0.1, 0.15) is 36.4 Å². The summed E-state index contributed by atoms with van der Waals surface area (Å²) in [6.45, 7) is 7.39. The van der Waals surface area contributed by atoms with E-state index < -0.39 is 0 Å². The topological polar surface area (TPSA) is 98.1 Å². The largest absolute Gasteiger partial charge is 0.452 e. The van der Waals surface area contributed by atoms with Gasteiger partial charge in [0.1, 0.15) is 23.4 Å². The molecule has 1 N–H and O–H groups in total. The summed E-state index contributed by atoms with van der Waals surface area (Å²) in [7, 11) is 0. The van der Waals surface area contributed by atoms with E-state index in [9.17, 15) is 10.5 Å². The second kappa shape index (κ2) is 7.55. The lowest BCUT2D eigenvalue weighted by atomic mass is 10.0. The van der Waals surface area contributed by atoms with Gasteiger partial charge in [0.2, 0.25) is 0 Å². The normalized spacial score (nSPS) is 15.0. The van der Waals surface area contributed by atoms with Gasteiger partial charge in [-0.3, -0.25) is 0 Å². The minimum atomic E-state index is 0.451. The molecule has 0 saturated carbocycles. The Balaban J connectivity index is 1.78. The third-order valence-corrected chi connectivity index (χ3v) is 6.05. The third kappa shape index (κ3) is 3.04. The highest BCUT2D eigenvalue weighted by Gasteiger charge is 2.27. The fraction of sp³-hybridized carbons (Fsp3) is 0.148. The van der Waals surface area contributed by atoms with Gasteiger partial charge in [0.25, 0.3) is 0 Å². The molecule has 160 valence electrons. The van der Waals surface area contributed by atoms with Crippen LogP contribution >= 0.6 is 0 Å². The number of benzene rings is 2. The number of rotatable bonds is 3. The molecule has 6 heteroatoms. The maximum Gasteiger partial charge on any atom is 0.177 e. The van der Waals surface area contributed by atoms with Gasteiger partial charge in [-0.2, -0.15) is 10.5 Å². The van der Waals surface area contributed by atoms with E-state index in [2.05, 4.69) is 22.1 Å². The smallest absolute Gasteiger partial charge is 0.177 e. The van der Waals surface area contributed by atoms with Gasteiger partial charge in [-0.05, 0) is 51.0 Å². The van der Waals surface area contributed by atoms with Crippen molar-refractivity contribution in [2.24, 2.45) is 4.99 Å². The molecule has 0 saturated heterocycles. The van der Waals surface area contributed by atoms with Crippen LogP contribution in [0.25, 0.3) is 27.7 Å². The van der Waals surface area contributed by atoms with Crippen LogP contribution in [0.3, 0.4) is 0 Å². The molecule has 2 aromatic heterocycles. The number of hydrogen-bond acceptors (Lipinski definition) is 5. The lowest BCUT2D eigenvalue weighted by molar-refractivity contribution is 0.499. The number of nitrogens with zero attached hydrogens (tertiary/aromatic N) is 3. The van der Waals surface area contributed by atoms with Gasteiger partial charge in [0.15, 0.2) is 17.1 Å². The van der Waals surface area contributed by atoms with Crippen LogP contribution in [-0.2, 0) is 0 Å². The molecule has 0 amide bonds. The number of para-hydroxylation sites is 2. The number of aryl methyl sites for hydroxylation is 1. The van der Waals surface area contributed by atoms with Crippen LogP contribution in [0.4, 0.5) is 0 Å². The van der Waals surface area contributed by atoms with Gasteiger partial charge >= 0.3 is 0 Å². The van der Waals surface area contributed by atoms with Crippen molar-refractivity contribution in [3.05, 3.63) is 81.8 Å². The second-order valence-corrected chi connectivity index (χ2v) is 8.06. The van der Waals surface area contributed by atoms with Crippen LogP contribution in [-0.4, -0.2) is 10.7 Å². The van der Waals surface area contributed by atoms with E-state index in [1.807, 2.05) is 63.2 Å². The monoisotopic (exact) mass is 432 g/mol. The molecule has 0 atom stereocenters. The Kier molecular flexibility index (Phi) is 4.65. The zero-order valence-corrected chi connectivity index (χ0v) is 18.7. The number of nitriles is 2. The molecule has 33 heavy (non-hydrogen) atoms. The Labute approximate surface area is 190 Å². The fourth-order valence-corrected chi connectivity index (χ4v) is 4.36. The van der Waals surface area contributed by atoms with Gasteiger partial charge in [-0.25, -0.2) is 4.99 Å². The SMILES string of the molecule is CC1=N/C(=C(/Oc2cccc3c2oc2ccccc23)c2[nH]c(C)c(C#N)c2C)C(C)=C1C#N. The third-order valence-electron chi connectivity index (χ3n) is 6.05. The Bertz CT molecular complexity index is 1650. The van der Waals surface area contributed by atoms with E-state index in [1.54, 1.807) is 6.92 Å². The van der Waals surface area contributed by atoms with E-state index in [4.69, 9.17) is 9.15 Å². The average Bonchev–Trinajstić information content (AvgIpc) is 3.42. The highest BCUT2D eigenvalue weighted by molar-refractivity contribution is 6.08. The lowest BCUT2D eigenvalue weighted by Crippen LogP contribution is -2.02. The van der Waals surface area contributed by atoms with Gasteiger partial charge in [-0.1, -0.05) is 30.3 Å². The van der Waals surface area contributed by atoms with Crippen LogP contribution < -0.4 is 4.74 Å². The molecule has 3 heterocycles. The van der Waals surface area contributed by atoms with Crippen molar-refractivity contribution in [2.45, 2.75) is 27.7 Å². The first-order chi connectivity index (χ1) is 15.9. The van der Waals surface area contributed by atoms with Crippen LogP contribution in [0.5, 0.6) is 5.75 Å². The number of furan rings is 1. The van der Waals surface area contributed by atoms with Crippen molar-refractivity contribution < 1.29 is 9.15 Å². The summed E-state index contributed by atoms with van der Waals surface area (Å²) in [5.41, 5.74) is 6.57. The fourth-order valence-electron chi connectivity index (χ4n) is 4.36. The number of ether oxygens (including phenoxy) is 1. The molecule has 6 nitrogen and oxygen atoms in total. The summed E-state index contributed by atoms with van der Waals surface area (Å²) < 4.78 is 12.7. The molecular weight excluding hydrogens is 412 g/mol. The van der Waals surface area contributed by atoms with Gasteiger partial charge in [0, 0.05) is 16.5 Å². The molecule has 1 aliphatic rings. The number of H-pyrrole nitrogens is 1. The van der Waals surface area contributed by atoms with E-state index in [0.29, 0.717) is 45.3 Å². The first kappa shape index (κ1) is 20.4. The second-order valence-electron chi connectivity index (χ2n) is 8.06. The number of aliphatic imine (C=N–C) groups is 1. The Morgan fingerprint density at radius 2 is 1.73 bits per heavy atom. The summed E-state index contributed by atoms with van der Waals surface area (Å²) in [6.07, 6.45) is 0. The molecule has 5 rings (SSSR count).